The Kier molecular flexibility index (Phi) is 18.2. The first-order valence-electron chi connectivity index (χ1n) is 9.27. The summed E-state index contributed by atoms with van der Waals surface area (Å²) >= 11 is 0. The van der Waals surface area contributed by atoms with Crippen molar-refractivity contribution < 1.29 is 33.6 Å². The van der Waals surface area contributed by atoms with E-state index in [0.29, 0.717) is 39.5 Å². The fraction of sp³-hybridized carbons (Fsp3) is 0.889. The standard InChI is InChI=1S/C18H34O7/c1-2-3-4-5-6-7-8-18(21)25-16-15-24-14-13-23-12-11-22-10-9-17(19)20/h2-16H2,1H3,(H,19,20). The normalized spacial score (nSPS) is 10.8. The summed E-state index contributed by atoms with van der Waals surface area (Å²) in [6.07, 6.45) is 7.40. The lowest BCUT2D eigenvalue weighted by molar-refractivity contribution is -0.145. The molecule has 0 aromatic carbocycles. The van der Waals surface area contributed by atoms with Crippen LogP contribution in [0.25, 0.3) is 0 Å². The van der Waals surface area contributed by atoms with Gasteiger partial charge >= 0.3 is 11.9 Å². The Hall–Kier alpha value is -1.18. The van der Waals surface area contributed by atoms with Crippen molar-refractivity contribution in [2.75, 3.05) is 46.2 Å². The summed E-state index contributed by atoms with van der Waals surface area (Å²) in [7, 11) is 0. The maximum absolute atomic E-state index is 11.5. The Labute approximate surface area is 151 Å². The molecule has 0 saturated heterocycles. The fourth-order valence-corrected chi connectivity index (χ4v) is 2.04. The number of carboxylic acids is 1. The van der Waals surface area contributed by atoms with Gasteiger partial charge in [-0.05, 0) is 6.42 Å². The van der Waals surface area contributed by atoms with E-state index in [4.69, 9.17) is 24.1 Å². The number of ether oxygens (including phenoxy) is 4. The topological polar surface area (TPSA) is 91.3 Å². The van der Waals surface area contributed by atoms with Gasteiger partial charge in [-0.1, -0.05) is 39.0 Å². The summed E-state index contributed by atoms with van der Waals surface area (Å²) in [4.78, 5) is 21.7. The van der Waals surface area contributed by atoms with E-state index in [-0.39, 0.29) is 25.6 Å². The van der Waals surface area contributed by atoms with E-state index in [9.17, 15) is 9.59 Å². The zero-order chi connectivity index (χ0) is 18.6. The van der Waals surface area contributed by atoms with Crippen LogP contribution in [0.5, 0.6) is 0 Å². The Balaban J connectivity index is 3.14. The van der Waals surface area contributed by atoms with Crippen molar-refractivity contribution in [3.63, 3.8) is 0 Å². The number of aliphatic carboxylic acids is 1. The molecule has 0 bridgehead atoms. The minimum absolute atomic E-state index is 0.000683. The fourth-order valence-electron chi connectivity index (χ4n) is 2.04. The van der Waals surface area contributed by atoms with Crippen LogP contribution in [-0.4, -0.2) is 63.3 Å². The van der Waals surface area contributed by atoms with Crippen molar-refractivity contribution in [3.8, 4) is 0 Å². The molecule has 0 heterocycles. The van der Waals surface area contributed by atoms with E-state index in [1.165, 1.54) is 25.7 Å². The van der Waals surface area contributed by atoms with Gasteiger partial charge in [-0.15, -0.1) is 0 Å². The van der Waals surface area contributed by atoms with Gasteiger partial charge < -0.3 is 24.1 Å². The molecule has 0 radical (unpaired) electrons. The predicted octanol–water partition coefficient (Wildman–Crippen LogP) is 2.80. The summed E-state index contributed by atoms with van der Waals surface area (Å²) in [5.74, 6) is -1.03. The smallest absolute Gasteiger partial charge is 0.305 e. The second-order valence-corrected chi connectivity index (χ2v) is 5.72. The van der Waals surface area contributed by atoms with E-state index in [1.54, 1.807) is 0 Å². The van der Waals surface area contributed by atoms with Crippen LogP contribution in [0.1, 0.15) is 58.3 Å². The molecule has 0 unspecified atom stereocenters. The lowest BCUT2D eigenvalue weighted by Crippen LogP contribution is -2.14. The van der Waals surface area contributed by atoms with E-state index in [1.807, 2.05) is 0 Å². The first-order valence-corrected chi connectivity index (χ1v) is 9.27. The molecule has 0 atom stereocenters. The molecule has 148 valence electrons. The summed E-state index contributed by atoms with van der Waals surface area (Å²) in [6, 6.07) is 0. The molecule has 0 amide bonds. The van der Waals surface area contributed by atoms with Crippen LogP contribution in [0.3, 0.4) is 0 Å². The zero-order valence-electron chi connectivity index (χ0n) is 15.5. The molecule has 0 aliphatic rings. The highest BCUT2D eigenvalue weighted by Crippen LogP contribution is 2.07. The molecule has 7 nitrogen and oxygen atoms in total. The highest BCUT2D eigenvalue weighted by Gasteiger charge is 2.02. The lowest BCUT2D eigenvalue weighted by atomic mass is 10.1. The SMILES string of the molecule is CCCCCCCCC(=O)OCCOCCOCCOCCC(=O)O. The van der Waals surface area contributed by atoms with Gasteiger partial charge in [0.25, 0.3) is 0 Å². The van der Waals surface area contributed by atoms with Gasteiger partial charge in [0, 0.05) is 6.42 Å². The second-order valence-electron chi connectivity index (χ2n) is 5.72. The van der Waals surface area contributed by atoms with Crippen LogP contribution in [0.2, 0.25) is 0 Å². The molecule has 0 saturated carbocycles. The Morgan fingerprint density at radius 2 is 1.20 bits per heavy atom. The Morgan fingerprint density at radius 1 is 0.680 bits per heavy atom. The van der Waals surface area contributed by atoms with Gasteiger partial charge in [0.05, 0.1) is 46.1 Å². The number of esters is 1. The predicted molar refractivity (Wildman–Crippen MR) is 93.7 cm³/mol. The average molecular weight is 362 g/mol. The van der Waals surface area contributed by atoms with Gasteiger partial charge in [-0.3, -0.25) is 9.59 Å². The van der Waals surface area contributed by atoms with Crippen LogP contribution < -0.4 is 0 Å². The van der Waals surface area contributed by atoms with Gasteiger partial charge in [0.1, 0.15) is 6.61 Å². The number of unbranched alkanes of at least 4 members (excludes halogenated alkanes) is 5. The molecule has 0 rings (SSSR count). The summed E-state index contributed by atoms with van der Waals surface area (Å²) in [5.41, 5.74) is 0. The van der Waals surface area contributed by atoms with E-state index >= 15 is 0 Å². The highest BCUT2D eigenvalue weighted by atomic mass is 16.6. The molecular formula is C18H34O7. The van der Waals surface area contributed by atoms with Gasteiger partial charge in [0.15, 0.2) is 0 Å². The molecule has 0 aliphatic heterocycles. The molecule has 0 fully saturated rings. The number of carboxylic acid groups (broad SMARTS) is 1. The maximum Gasteiger partial charge on any atom is 0.305 e. The van der Waals surface area contributed by atoms with Crippen LogP contribution in [0.15, 0.2) is 0 Å². The summed E-state index contributed by atoms with van der Waals surface area (Å²) in [6.45, 7) is 4.62. The average Bonchev–Trinajstić information content (AvgIpc) is 2.58. The van der Waals surface area contributed by atoms with Crippen molar-refractivity contribution in [1.29, 1.82) is 0 Å². The zero-order valence-corrected chi connectivity index (χ0v) is 15.5. The minimum atomic E-state index is -0.873. The number of hydrogen-bond acceptors (Lipinski definition) is 6. The highest BCUT2D eigenvalue weighted by molar-refractivity contribution is 5.69. The molecular weight excluding hydrogens is 328 g/mol. The van der Waals surface area contributed by atoms with Crippen LogP contribution in [0, 0.1) is 0 Å². The van der Waals surface area contributed by atoms with E-state index in [2.05, 4.69) is 6.92 Å². The third-order valence-electron chi connectivity index (χ3n) is 3.43. The number of rotatable bonds is 19. The number of carbonyl (C=O) groups excluding carboxylic acids is 1. The summed E-state index contributed by atoms with van der Waals surface area (Å²) in [5, 5.41) is 8.41. The van der Waals surface area contributed by atoms with Gasteiger partial charge in [-0.2, -0.15) is 0 Å². The quantitative estimate of drug-likeness (QED) is 0.279. The van der Waals surface area contributed by atoms with E-state index in [0.717, 1.165) is 12.8 Å². The maximum atomic E-state index is 11.5. The van der Waals surface area contributed by atoms with Crippen molar-refractivity contribution >= 4 is 11.9 Å². The summed E-state index contributed by atoms with van der Waals surface area (Å²) < 4.78 is 20.7. The molecule has 1 N–H and O–H groups in total. The first kappa shape index (κ1) is 23.8. The van der Waals surface area contributed by atoms with Crippen molar-refractivity contribution in [3.05, 3.63) is 0 Å². The second kappa shape index (κ2) is 19.1. The molecule has 25 heavy (non-hydrogen) atoms. The third-order valence-corrected chi connectivity index (χ3v) is 3.43. The van der Waals surface area contributed by atoms with E-state index < -0.39 is 5.97 Å². The number of hydrogen-bond donors (Lipinski definition) is 1. The molecule has 7 heteroatoms. The number of carbonyl (C=O) groups is 2. The Morgan fingerprint density at radius 3 is 1.80 bits per heavy atom. The van der Waals surface area contributed by atoms with Crippen molar-refractivity contribution in [2.45, 2.75) is 58.3 Å². The van der Waals surface area contributed by atoms with Gasteiger partial charge in [0.2, 0.25) is 0 Å². The monoisotopic (exact) mass is 362 g/mol. The van der Waals surface area contributed by atoms with Gasteiger partial charge in [-0.25, -0.2) is 0 Å². The van der Waals surface area contributed by atoms with Crippen LogP contribution in [-0.2, 0) is 28.5 Å². The molecule has 0 aliphatic carbocycles. The largest absolute Gasteiger partial charge is 0.481 e. The molecule has 0 aromatic rings. The molecule has 0 spiro atoms. The lowest BCUT2D eigenvalue weighted by Gasteiger charge is -2.07. The van der Waals surface area contributed by atoms with Crippen LogP contribution >= 0.6 is 0 Å². The third kappa shape index (κ3) is 20.8. The Bertz CT molecular complexity index is 321. The first-order chi connectivity index (χ1) is 12.2. The van der Waals surface area contributed by atoms with Crippen molar-refractivity contribution in [1.82, 2.24) is 0 Å². The van der Waals surface area contributed by atoms with Crippen LogP contribution in [0.4, 0.5) is 0 Å². The minimum Gasteiger partial charge on any atom is -0.481 e. The molecule has 0 aromatic heterocycles. The van der Waals surface area contributed by atoms with Crippen molar-refractivity contribution in [2.24, 2.45) is 0 Å².